The fraction of sp³-hybridized carbons (Fsp3) is 0.350. The van der Waals surface area contributed by atoms with E-state index in [1.54, 1.807) is 23.5 Å². The monoisotopic (exact) mass is 358 g/mol. The number of fused-ring (bicyclic) bond motifs is 1. The predicted octanol–water partition coefficient (Wildman–Crippen LogP) is 3.58. The number of benzene rings is 1. The maximum Gasteiger partial charge on any atom is 0.336 e. The van der Waals surface area contributed by atoms with Crippen LogP contribution in [0, 0.1) is 5.92 Å². The molecule has 2 aromatic heterocycles. The molecule has 0 radical (unpaired) electrons. The molecule has 5 heteroatoms. The highest BCUT2D eigenvalue weighted by atomic mass is 32.1. The maximum absolute atomic E-state index is 11.9. The van der Waals surface area contributed by atoms with Gasteiger partial charge >= 0.3 is 5.63 Å². The van der Waals surface area contributed by atoms with Crippen LogP contribution in [-0.2, 0) is 13.0 Å². The fourth-order valence-corrected chi connectivity index (χ4v) is 4.21. The highest BCUT2D eigenvalue weighted by molar-refractivity contribution is 7.10. The minimum absolute atomic E-state index is 0.179. The number of quaternary nitrogens is 1. The average Bonchev–Trinajstić information content (AvgIpc) is 3.08. The zero-order valence-electron chi connectivity index (χ0n) is 14.8. The zero-order chi connectivity index (χ0) is 18.0. The van der Waals surface area contributed by atoms with Gasteiger partial charge in [0, 0.05) is 29.0 Å². The molecule has 0 bridgehead atoms. The van der Waals surface area contributed by atoms with Crippen molar-refractivity contribution in [3.8, 4) is 5.75 Å². The Kier molecular flexibility index (Phi) is 5.25. The first-order valence-electron chi connectivity index (χ1n) is 8.65. The van der Waals surface area contributed by atoms with E-state index >= 15 is 0 Å². The van der Waals surface area contributed by atoms with Crippen LogP contribution in [0.2, 0.25) is 0 Å². The highest BCUT2D eigenvalue weighted by Crippen LogP contribution is 2.27. The van der Waals surface area contributed by atoms with Gasteiger partial charge in [0.2, 0.25) is 0 Å². The van der Waals surface area contributed by atoms with Crippen LogP contribution in [0.3, 0.4) is 0 Å². The van der Waals surface area contributed by atoms with E-state index in [-0.39, 0.29) is 11.4 Å². The second-order valence-electron chi connectivity index (χ2n) is 6.65. The van der Waals surface area contributed by atoms with Gasteiger partial charge in [-0.15, -0.1) is 11.3 Å². The van der Waals surface area contributed by atoms with Crippen molar-refractivity contribution in [3.63, 3.8) is 0 Å². The molecular formula is C20H24NO3S+. The van der Waals surface area contributed by atoms with Gasteiger partial charge in [-0.05, 0) is 29.5 Å². The number of nitrogens with two attached hydrogens (primary N) is 1. The SMILES string of the molecule is CCc1cc2c(C[NH2+][C@@H](c3cccs3)C(C)C)cc(=O)oc2cc1O. The van der Waals surface area contributed by atoms with Crippen LogP contribution in [0.1, 0.15) is 42.8 Å². The third-order valence-corrected chi connectivity index (χ3v) is 5.57. The quantitative estimate of drug-likeness (QED) is 0.662. The summed E-state index contributed by atoms with van der Waals surface area (Å²) < 4.78 is 5.28. The van der Waals surface area contributed by atoms with E-state index in [0.29, 0.717) is 24.1 Å². The lowest BCUT2D eigenvalue weighted by Crippen LogP contribution is -2.84. The van der Waals surface area contributed by atoms with E-state index in [9.17, 15) is 9.90 Å². The molecule has 0 fully saturated rings. The van der Waals surface area contributed by atoms with Crippen LogP contribution in [0.15, 0.2) is 44.9 Å². The molecule has 0 spiro atoms. The van der Waals surface area contributed by atoms with Crippen LogP contribution >= 0.6 is 11.3 Å². The van der Waals surface area contributed by atoms with Crippen LogP contribution < -0.4 is 10.9 Å². The molecule has 1 atom stereocenters. The highest BCUT2D eigenvalue weighted by Gasteiger charge is 2.21. The maximum atomic E-state index is 11.9. The van der Waals surface area contributed by atoms with E-state index in [0.717, 1.165) is 22.9 Å². The van der Waals surface area contributed by atoms with Crippen molar-refractivity contribution >= 4 is 22.3 Å². The number of aromatic hydroxyl groups is 1. The van der Waals surface area contributed by atoms with Crippen LogP contribution in [0.25, 0.3) is 11.0 Å². The molecule has 0 aliphatic rings. The van der Waals surface area contributed by atoms with Crippen molar-refractivity contribution in [2.75, 3.05) is 0 Å². The number of hydrogen-bond acceptors (Lipinski definition) is 4. The Hall–Kier alpha value is -2.11. The molecular weight excluding hydrogens is 334 g/mol. The van der Waals surface area contributed by atoms with Gasteiger partial charge < -0.3 is 14.8 Å². The minimum Gasteiger partial charge on any atom is -0.508 e. The summed E-state index contributed by atoms with van der Waals surface area (Å²) >= 11 is 1.76. The Morgan fingerprint density at radius 1 is 1.24 bits per heavy atom. The van der Waals surface area contributed by atoms with Gasteiger partial charge in [0.05, 0.1) is 4.88 Å². The van der Waals surface area contributed by atoms with E-state index in [1.165, 1.54) is 4.88 Å². The predicted molar refractivity (Wildman–Crippen MR) is 101 cm³/mol. The molecule has 0 aliphatic carbocycles. The standard InChI is InChI=1S/C20H23NO3S/c1-4-13-8-15-14(9-19(23)24-17(15)10-16(13)22)11-21-20(12(2)3)18-6-5-7-25-18/h5-10,12,20-22H,4,11H2,1-3H3/p+1/t20-/m1/s1. The first-order valence-corrected chi connectivity index (χ1v) is 9.53. The van der Waals surface area contributed by atoms with Gasteiger partial charge in [0.15, 0.2) is 0 Å². The van der Waals surface area contributed by atoms with Gasteiger partial charge in [-0.25, -0.2) is 4.79 Å². The Labute approximate surface area is 151 Å². The molecule has 0 saturated heterocycles. The summed E-state index contributed by atoms with van der Waals surface area (Å²) in [6.07, 6.45) is 0.730. The summed E-state index contributed by atoms with van der Waals surface area (Å²) in [4.78, 5) is 13.3. The Bertz CT molecular complexity index is 913. The van der Waals surface area contributed by atoms with Crippen molar-refractivity contribution in [1.82, 2.24) is 0 Å². The molecule has 3 rings (SSSR count). The normalized spacial score (nSPS) is 12.8. The van der Waals surface area contributed by atoms with Gasteiger partial charge in [0.25, 0.3) is 0 Å². The number of thiophene rings is 1. The van der Waals surface area contributed by atoms with Crippen molar-refractivity contribution in [2.45, 2.75) is 39.8 Å². The van der Waals surface area contributed by atoms with Crippen molar-refractivity contribution in [2.24, 2.45) is 5.92 Å². The molecule has 132 valence electrons. The topological polar surface area (TPSA) is 67.0 Å². The van der Waals surface area contributed by atoms with E-state index in [1.807, 2.05) is 13.0 Å². The second kappa shape index (κ2) is 7.42. The lowest BCUT2D eigenvalue weighted by molar-refractivity contribution is -0.716. The fourth-order valence-electron chi connectivity index (χ4n) is 3.21. The van der Waals surface area contributed by atoms with Crippen molar-refractivity contribution < 1.29 is 14.8 Å². The smallest absolute Gasteiger partial charge is 0.336 e. The van der Waals surface area contributed by atoms with Crippen LogP contribution in [-0.4, -0.2) is 5.11 Å². The summed E-state index contributed by atoms with van der Waals surface area (Å²) in [6, 6.07) is 9.65. The van der Waals surface area contributed by atoms with Gasteiger partial charge in [-0.2, -0.15) is 0 Å². The second-order valence-corrected chi connectivity index (χ2v) is 7.63. The lowest BCUT2D eigenvalue weighted by Gasteiger charge is -2.18. The molecule has 3 aromatic rings. The van der Waals surface area contributed by atoms with Crippen LogP contribution in [0.4, 0.5) is 0 Å². The summed E-state index contributed by atoms with van der Waals surface area (Å²) in [5, 5.41) is 15.3. The first kappa shape index (κ1) is 17.7. The third-order valence-electron chi connectivity index (χ3n) is 4.59. The molecule has 0 saturated carbocycles. The summed E-state index contributed by atoms with van der Waals surface area (Å²) in [6.45, 7) is 7.12. The van der Waals surface area contributed by atoms with Gasteiger partial charge in [0.1, 0.15) is 23.9 Å². The average molecular weight is 358 g/mol. The van der Waals surface area contributed by atoms with E-state index in [4.69, 9.17) is 4.42 Å². The van der Waals surface area contributed by atoms with Crippen molar-refractivity contribution in [1.29, 1.82) is 0 Å². The number of hydrogen-bond donors (Lipinski definition) is 2. The van der Waals surface area contributed by atoms with Gasteiger partial charge in [-0.3, -0.25) is 0 Å². The molecule has 0 amide bonds. The van der Waals surface area contributed by atoms with Crippen LogP contribution in [0.5, 0.6) is 5.75 Å². The number of rotatable bonds is 6. The molecule has 3 N–H and O–H groups in total. The molecule has 0 aliphatic heterocycles. The molecule has 25 heavy (non-hydrogen) atoms. The van der Waals surface area contributed by atoms with E-state index in [2.05, 4.69) is 36.7 Å². The molecule has 2 heterocycles. The Balaban J connectivity index is 1.96. The first-order chi connectivity index (χ1) is 12.0. The summed E-state index contributed by atoms with van der Waals surface area (Å²) in [7, 11) is 0. The molecule has 1 aromatic carbocycles. The minimum atomic E-state index is -0.378. The largest absolute Gasteiger partial charge is 0.508 e. The molecule has 0 unspecified atom stereocenters. The number of aryl methyl sites for hydroxylation is 1. The van der Waals surface area contributed by atoms with Crippen molar-refractivity contribution in [3.05, 3.63) is 62.1 Å². The number of phenols is 1. The summed E-state index contributed by atoms with van der Waals surface area (Å²) in [5.74, 6) is 0.665. The zero-order valence-corrected chi connectivity index (χ0v) is 15.6. The third kappa shape index (κ3) is 3.78. The van der Waals surface area contributed by atoms with E-state index < -0.39 is 0 Å². The Morgan fingerprint density at radius 2 is 2.04 bits per heavy atom. The molecule has 4 nitrogen and oxygen atoms in total. The lowest BCUT2D eigenvalue weighted by atomic mass is 10.0. The number of phenolic OH excluding ortho intramolecular Hbond substituents is 1. The summed E-state index contributed by atoms with van der Waals surface area (Å²) in [5.41, 5.74) is 1.88. The Morgan fingerprint density at radius 3 is 2.68 bits per heavy atom. The van der Waals surface area contributed by atoms with Gasteiger partial charge in [-0.1, -0.05) is 26.8 Å².